The van der Waals surface area contributed by atoms with Crippen molar-refractivity contribution >= 4 is 34.6 Å². The highest BCUT2D eigenvalue weighted by Crippen LogP contribution is 2.31. The van der Waals surface area contributed by atoms with Crippen molar-refractivity contribution in [3.8, 4) is 16.9 Å². The standard InChI is InChI=1S/C29H20N6O6/c36-28(30-20-11-15-23(16-12-20)34(38)39)25-26(29(37)31-21-13-17-24(18-14-21)35(40)41)32-33(22-9-5-2-6-10-22)27(25)19-7-3-1-4-8-19/h1-18H,(H,30,36)(H,31,37). The van der Waals surface area contributed by atoms with E-state index in [2.05, 4.69) is 15.7 Å². The molecule has 1 heterocycles. The first-order valence-electron chi connectivity index (χ1n) is 12.2. The number of benzene rings is 4. The van der Waals surface area contributed by atoms with E-state index in [9.17, 15) is 29.8 Å². The first kappa shape index (κ1) is 26.4. The summed E-state index contributed by atoms with van der Waals surface area (Å²) in [5, 5.41) is 32.0. The Kier molecular flexibility index (Phi) is 7.28. The molecule has 0 fully saturated rings. The van der Waals surface area contributed by atoms with Crippen LogP contribution in [0.2, 0.25) is 0 Å². The van der Waals surface area contributed by atoms with Gasteiger partial charge in [-0.15, -0.1) is 0 Å². The van der Waals surface area contributed by atoms with Crippen molar-refractivity contribution in [2.75, 3.05) is 10.6 Å². The zero-order chi connectivity index (χ0) is 28.9. The molecule has 202 valence electrons. The summed E-state index contributed by atoms with van der Waals surface area (Å²) >= 11 is 0. The quantitative estimate of drug-likeness (QED) is 0.181. The van der Waals surface area contributed by atoms with Crippen molar-refractivity contribution < 1.29 is 19.4 Å². The molecule has 2 N–H and O–H groups in total. The zero-order valence-corrected chi connectivity index (χ0v) is 21.1. The minimum Gasteiger partial charge on any atom is -0.322 e. The third kappa shape index (κ3) is 5.66. The van der Waals surface area contributed by atoms with Gasteiger partial charge in [0.2, 0.25) is 0 Å². The van der Waals surface area contributed by atoms with Crippen molar-refractivity contribution in [1.29, 1.82) is 0 Å². The molecule has 0 unspecified atom stereocenters. The van der Waals surface area contributed by atoms with E-state index in [1.807, 2.05) is 12.1 Å². The predicted molar refractivity (Wildman–Crippen MR) is 151 cm³/mol. The molecule has 0 aliphatic heterocycles. The average molecular weight is 549 g/mol. The molecular weight excluding hydrogens is 528 g/mol. The van der Waals surface area contributed by atoms with Crippen molar-refractivity contribution in [1.82, 2.24) is 9.78 Å². The molecule has 2 amide bonds. The second kappa shape index (κ2) is 11.3. The molecular formula is C29H20N6O6. The van der Waals surface area contributed by atoms with Gasteiger partial charge in [-0.2, -0.15) is 5.10 Å². The van der Waals surface area contributed by atoms with E-state index < -0.39 is 21.7 Å². The van der Waals surface area contributed by atoms with Crippen LogP contribution in [0.15, 0.2) is 109 Å². The maximum atomic E-state index is 13.8. The molecule has 0 atom stereocenters. The van der Waals surface area contributed by atoms with Gasteiger partial charge in [0, 0.05) is 41.2 Å². The van der Waals surface area contributed by atoms with Crippen LogP contribution in [0.5, 0.6) is 0 Å². The number of hydrogen-bond donors (Lipinski definition) is 2. The van der Waals surface area contributed by atoms with Crippen LogP contribution in [0.1, 0.15) is 20.8 Å². The normalized spacial score (nSPS) is 10.5. The highest BCUT2D eigenvalue weighted by Gasteiger charge is 2.30. The van der Waals surface area contributed by atoms with E-state index in [4.69, 9.17) is 0 Å². The number of carbonyl (C=O) groups is 2. The topological polar surface area (TPSA) is 162 Å². The van der Waals surface area contributed by atoms with Gasteiger partial charge in [-0.05, 0) is 36.4 Å². The van der Waals surface area contributed by atoms with Crippen molar-refractivity contribution in [2.24, 2.45) is 0 Å². The fraction of sp³-hybridized carbons (Fsp3) is 0. The van der Waals surface area contributed by atoms with E-state index in [0.29, 0.717) is 16.9 Å². The summed E-state index contributed by atoms with van der Waals surface area (Å²) in [7, 11) is 0. The minimum atomic E-state index is -0.723. The molecule has 41 heavy (non-hydrogen) atoms. The van der Waals surface area contributed by atoms with E-state index >= 15 is 0 Å². The minimum absolute atomic E-state index is 0.0437. The number of non-ortho nitro benzene ring substituents is 2. The Balaban J connectivity index is 1.63. The molecule has 0 spiro atoms. The molecule has 0 saturated carbocycles. The second-order valence-corrected chi connectivity index (χ2v) is 8.70. The third-order valence-electron chi connectivity index (χ3n) is 6.05. The van der Waals surface area contributed by atoms with Crippen molar-refractivity contribution in [3.63, 3.8) is 0 Å². The van der Waals surface area contributed by atoms with Crippen molar-refractivity contribution in [3.05, 3.63) is 141 Å². The number of anilines is 2. The number of aromatic nitrogens is 2. The number of carbonyl (C=O) groups excluding carboxylic acids is 2. The van der Waals surface area contributed by atoms with Gasteiger partial charge in [-0.1, -0.05) is 48.5 Å². The highest BCUT2D eigenvalue weighted by atomic mass is 16.6. The van der Waals surface area contributed by atoms with Crippen LogP contribution in [0.4, 0.5) is 22.7 Å². The zero-order valence-electron chi connectivity index (χ0n) is 21.1. The Hall–Kier alpha value is -6.17. The first-order valence-corrected chi connectivity index (χ1v) is 12.2. The van der Waals surface area contributed by atoms with Gasteiger partial charge in [-0.25, -0.2) is 4.68 Å². The van der Waals surface area contributed by atoms with Gasteiger partial charge in [0.25, 0.3) is 23.2 Å². The Morgan fingerprint density at radius 1 is 0.634 bits per heavy atom. The molecule has 0 bridgehead atoms. The molecule has 4 aromatic carbocycles. The third-order valence-corrected chi connectivity index (χ3v) is 6.05. The van der Waals surface area contributed by atoms with Gasteiger partial charge < -0.3 is 10.6 Å². The number of nitrogens with one attached hydrogen (secondary N) is 2. The molecule has 0 aliphatic carbocycles. The van der Waals surface area contributed by atoms with Gasteiger partial charge in [0.05, 0.1) is 26.8 Å². The molecule has 5 rings (SSSR count). The summed E-state index contributed by atoms with van der Waals surface area (Å²) in [6, 6.07) is 28.4. The SMILES string of the molecule is O=C(Nc1ccc([N+](=O)[O-])cc1)c1nn(-c2ccccc2)c(-c2ccccc2)c1C(=O)Nc1ccc([N+](=O)[O-])cc1. The molecule has 5 aromatic rings. The summed E-state index contributed by atoms with van der Waals surface area (Å²) in [4.78, 5) is 48.4. The van der Waals surface area contributed by atoms with E-state index in [-0.39, 0.29) is 34.0 Å². The lowest BCUT2D eigenvalue weighted by molar-refractivity contribution is -0.385. The maximum Gasteiger partial charge on any atom is 0.277 e. The van der Waals surface area contributed by atoms with Crippen LogP contribution in [0.3, 0.4) is 0 Å². The van der Waals surface area contributed by atoms with Crippen molar-refractivity contribution in [2.45, 2.75) is 0 Å². The average Bonchev–Trinajstić information content (AvgIpc) is 3.40. The fourth-order valence-corrected chi connectivity index (χ4v) is 4.13. The number of nitro groups is 2. The molecule has 1 aromatic heterocycles. The molecule has 12 heteroatoms. The van der Waals surface area contributed by atoms with E-state index in [0.717, 1.165) is 0 Å². The Bertz CT molecular complexity index is 1750. The number of nitro benzene ring substituents is 2. The van der Waals surface area contributed by atoms with Crippen LogP contribution in [0.25, 0.3) is 16.9 Å². The lowest BCUT2D eigenvalue weighted by Crippen LogP contribution is -2.20. The van der Waals surface area contributed by atoms with Crippen LogP contribution < -0.4 is 10.6 Å². The Labute approximate surface area is 232 Å². The Morgan fingerprint density at radius 2 is 1.10 bits per heavy atom. The molecule has 0 aliphatic rings. The largest absolute Gasteiger partial charge is 0.322 e. The highest BCUT2D eigenvalue weighted by molar-refractivity contribution is 6.17. The fourth-order valence-electron chi connectivity index (χ4n) is 4.13. The summed E-state index contributed by atoms with van der Waals surface area (Å²) in [6.07, 6.45) is 0. The molecule has 0 saturated heterocycles. The van der Waals surface area contributed by atoms with Crippen LogP contribution >= 0.6 is 0 Å². The summed E-state index contributed by atoms with van der Waals surface area (Å²) in [6.45, 7) is 0. The van der Waals surface area contributed by atoms with Gasteiger partial charge in [0.15, 0.2) is 5.69 Å². The van der Waals surface area contributed by atoms with Crippen LogP contribution in [-0.2, 0) is 0 Å². The van der Waals surface area contributed by atoms with Crippen LogP contribution in [-0.4, -0.2) is 31.4 Å². The summed E-state index contributed by atoms with van der Waals surface area (Å²) in [5.74, 6) is -1.40. The van der Waals surface area contributed by atoms with Crippen LogP contribution in [0, 0.1) is 20.2 Å². The number of nitrogens with zero attached hydrogens (tertiary/aromatic N) is 4. The second-order valence-electron chi connectivity index (χ2n) is 8.70. The lowest BCUT2D eigenvalue weighted by atomic mass is 10.0. The lowest BCUT2D eigenvalue weighted by Gasteiger charge is -2.11. The van der Waals surface area contributed by atoms with E-state index in [1.54, 1.807) is 48.5 Å². The summed E-state index contributed by atoms with van der Waals surface area (Å²) in [5.41, 5.74) is 1.52. The first-order chi connectivity index (χ1) is 19.8. The number of rotatable bonds is 8. The number of hydrogen-bond acceptors (Lipinski definition) is 7. The van der Waals surface area contributed by atoms with Gasteiger partial charge in [0.1, 0.15) is 0 Å². The van der Waals surface area contributed by atoms with E-state index in [1.165, 1.54) is 53.2 Å². The van der Waals surface area contributed by atoms with Gasteiger partial charge >= 0.3 is 0 Å². The molecule has 12 nitrogen and oxygen atoms in total. The predicted octanol–water partition coefficient (Wildman–Crippen LogP) is 5.86. The summed E-state index contributed by atoms with van der Waals surface area (Å²) < 4.78 is 1.49. The Morgan fingerprint density at radius 3 is 1.59 bits per heavy atom. The van der Waals surface area contributed by atoms with Gasteiger partial charge in [-0.3, -0.25) is 29.8 Å². The molecule has 0 radical (unpaired) electrons. The maximum absolute atomic E-state index is 13.8. The smallest absolute Gasteiger partial charge is 0.277 e. The number of para-hydroxylation sites is 1. The monoisotopic (exact) mass is 548 g/mol. The number of amides is 2.